The maximum absolute atomic E-state index is 13.4. The van der Waals surface area contributed by atoms with Gasteiger partial charge in [-0.1, -0.05) is 48.5 Å². The Hall–Kier alpha value is -5.97. The minimum absolute atomic E-state index is 0.0820. The topological polar surface area (TPSA) is 283 Å². The summed E-state index contributed by atoms with van der Waals surface area (Å²) >= 11 is 0. The molecule has 0 spiro atoms. The van der Waals surface area contributed by atoms with E-state index in [1.165, 1.54) is 0 Å². The highest BCUT2D eigenvalue weighted by Crippen LogP contribution is 2.26. The fourth-order valence-corrected chi connectivity index (χ4v) is 5.61. The lowest BCUT2D eigenvalue weighted by atomic mass is 9.97. The number of fused-ring (bicyclic) bond motifs is 3. The van der Waals surface area contributed by atoms with Crippen molar-refractivity contribution >= 4 is 52.4 Å². The molecule has 3 aromatic rings. The second-order valence-corrected chi connectivity index (χ2v) is 11.8. The fourth-order valence-electron chi connectivity index (χ4n) is 5.61. The number of nitrogens with zero attached hydrogens (tertiary/aromatic N) is 1. The lowest BCUT2D eigenvalue weighted by molar-refractivity contribution is -0.143. The molecule has 12 N–H and O–H groups in total. The lowest BCUT2D eigenvalue weighted by Gasteiger charge is -2.26. The molecule has 17 nitrogen and oxygen atoms in total. The number of carbonyl (C=O) groups excluding carboxylic acids is 4. The molecule has 1 aliphatic heterocycles. The predicted molar refractivity (Wildman–Crippen MR) is 181 cm³/mol. The van der Waals surface area contributed by atoms with Crippen LogP contribution in [0.25, 0.3) is 10.9 Å². The summed E-state index contributed by atoms with van der Waals surface area (Å²) in [5.41, 5.74) is 14.3. The number of hydrogen-bond donors (Lipinski definition) is 10. The van der Waals surface area contributed by atoms with Crippen molar-refractivity contribution in [3.05, 3.63) is 71.4 Å². The molecule has 266 valence electrons. The molecule has 2 heterocycles. The van der Waals surface area contributed by atoms with Crippen LogP contribution in [0.2, 0.25) is 0 Å². The molecule has 0 bridgehead atoms. The first-order valence-electron chi connectivity index (χ1n) is 15.9. The van der Waals surface area contributed by atoms with E-state index in [-0.39, 0.29) is 25.3 Å². The average molecular weight is 692 g/mol. The van der Waals surface area contributed by atoms with Gasteiger partial charge in [0.05, 0.1) is 19.0 Å². The molecule has 4 amide bonds. The van der Waals surface area contributed by atoms with E-state index in [4.69, 9.17) is 11.5 Å². The number of H-pyrrole nitrogens is 1. The Morgan fingerprint density at radius 3 is 2.30 bits per heavy atom. The van der Waals surface area contributed by atoms with Gasteiger partial charge >= 0.3 is 11.9 Å². The highest BCUT2D eigenvalue weighted by molar-refractivity contribution is 5.95. The predicted octanol–water partition coefficient (Wildman–Crippen LogP) is -1.39. The van der Waals surface area contributed by atoms with Gasteiger partial charge in [0.1, 0.15) is 18.1 Å². The number of hydrogen-bond acceptors (Lipinski definition) is 8. The molecular weight excluding hydrogens is 650 g/mol. The van der Waals surface area contributed by atoms with Gasteiger partial charge in [-0.05, 0) is 36.5 Å². The number of guanidine groups is 1. The Morgan fingerprint density at radius 1 is 0.880 bits per heavy atom. The van der Waals surface area contributed by atoms with Crippen molar-refractivity contribution in [3.63, 3.8) is 0 Å². The first-order chi connectivity index (χ1) is 23.9. The summed E-state index contributed by atoms with van der Waals surface area (Å²) in [6.07, 6.45) is -0.137. The van der Waals surface area contributed by atoms with Gasteiger partial charge in [0.15, 0.2) is 5.96 Å². The number of rotatable bonds is 17. The van der Waals surface area contributed by atoms with Gasteiger partial charge in [-0.15, -0.1) is 0 Å². The number of benzene rings is 2. The Kier molecular flexibility index (Phi) is 12.9. The molecule has 2 aromatic carbocycles. The third-order valence-electron chi connectivity index (χ3n) is 8.08. The first-order valence-corrected chi connectivity index (χ1v) is 15.9. The van der Waals surface area contributed by atoms with Gasteiger partial charge in [-0.3, -0.25) is 34.3 Å². The molecule has 0 saturated heterocycles. The second-order valence-electron chi connectivity index (χ2n) is 11.8. The number of amides is 4. The summed E-state index contributed by atoms with van der Waals surface area (Å²) in [6, 6.07) is 11.4. The number of para-hydroxylation sites is 1. The number of carbonyl (C=O) groups is 6. The Labute approximate surface area is 286 Å². The second kappa shape index (κ2) is 17.4. The van der Waals surface area contributed by atoms with E-state index in [0.717, 1.165) is 22.2 Å². The average Bonchev–Trinajstić information content (AvgIpc) is 3.46. The summed E-state index contributed by atoms with van der Waals surface area (Å²) in [4.78, 5) is 83.0. The SMILES string of the molecule is NC(N)=NCCC[C@H](NC(=O)[C@@H]1Cc2c([nH]c3ccccc23)CN1)C(=O)NCC(=O)N[C@@H](CC(=O)O)C(=O)N[C@H](Cc1ccccc1)C(=O)O. The molecule has 50 heavy (non-hydrogen) atoms. The fraction of sp³-hybridized carbons (Fsp3) is 0.364. The largest absolute Gasteiger partial charge is 0.481 e. The summed E-state index contributed by atoms with van der Waals surface area (Å²) in [7, 11) is 0. The smallest absolute Gasteiger partial charge is 0.326 e. The molecule has 0 saturated carbocycles. The number of carboxylic acid groups (broad SMARTS) is 2. The van der Waals surface area contributed by atoms with Crippen molar-refractivity contribution in [3.8, 4) is 0 Å². The Bertz CT molecular complexity index is 1740. The third-order valence-corrected chi connectivity index (χ3v) is 8.08. The number of nitrogens with two attached hydrogens (primary N) is 2. The lowest BCUT2D eigenvalue weighted by Crippen LogP contribution is -2.56. The van der Waals surface area contributed by atoms with Gasteiger partial charge in [-0.25, -0.2) is 4.79 Å². The van der Waals surface area contributed by atoms with Crippen molar-refractivity contribution in [1.29, 1.82) is 0 Å². The van der Waals surface area contributed by atoms with E-state index < -0.39 is 72.7 Å². The van der Waals surface area contributed by atoms with Gasteiger partial charge in [0.2, 0.25) is 23.6 Å². The third kappa shape index (κ3) is 10.5. The van der Waals surface area contributed by atoms with Crippen LogP contribution in [0.5, 0.6) is 0 Å². The van der Waals surface area contributed by atoms with E-state index in [2.05, 4.69) is 36.6 Å². The monoisotopic (exact) mass is 691 g/mol. The Morgan fingerprint density at radius 2 is 1.60 bits per heavy atom. The van der Waals surface area contributed by atoms with Crippen LogP contribution >= 0.6 is 0 Å². The molecule has 0 fully saturated rings. The van der Waals surface area contributed by atoms with Crippen molar-refractivity contribution < 1.29 is 39.0 Å². The molecule has 4 rings (SSSR count). The molecule has 0 radical (unpaired) electrons. The maximum Gasteiger partial charge on any atom is 0.326 e. The molecule has 0 unspecified atom stereocenters. The Balaban J connectivity index is 1.37. The van der Waals surface area contributed by atoms with E-state index in [9.17, 15) is 39.0 Å². The van der Waals surface area contributed by atoms with Crippen LogP contribution in [-0.2, 0) is 48.2 Å². The highest BCUT2D eigenvalue weighted by atomic mass is 16.4. The number of aromatic nitrogens is 1. The summed E-state index contributed by atoms with van der Waals surface area (Å²) in [5, 5.41) is 32.8. The number of aliphatic carboxylic acids is 2. The van der Waals surface area contributed by atoms with E-state index in [0.29, 0.717) is 24.9 Å². The quantitative estimate of drug-likeness (QED) is 0.0447. The van der Waals surface area contributed by atoms with Gasteiger partial charge in [-0.2, -0.15) is 0 Å². The molecule has 1 aromatic heterocycles. The molecule has 1 aliphatic rings. The minimum atomic E-state index is -1.64. The zero-order chi connectivity index (χ0) is 36.2. The van der Waals surface area contributed by atoms with Crippen LogP contribution in [0.4, 0.5) is 0 Å². The number of nitrogens with one attached hydrogen (secondary N) is 6. The number of aromatic amines is 1. The van der Waals surface area contributed by atoms with Crippen LogP contribution in [-0.4, -0.2) is 94.0 Å². The highest BCUT2D eigenvalue weighted by Gasteiger charge is 2.31. The minimum Gasteiger partial charge on any atom is -0.481 e. The van der Waals surface area contributed by atoms with Crippen LogP contribution < -0.4 is 38.1 Å². The zero-order valence-electron chi connectivity index (χ0n) is 27.1. The molecular formula is C33H41N9O8. The number of aliphatic imine (C=N–C) groups is 1. The van der Waals surface area contributed by atoms with Crippen LogP contribution in [0.15, 0.2) is 59.6 Å². The molecule has 4 atom stereocenters. The molecule has 17 heteroatoms. The van der Waals surface area contributed by atoms with Crippen molar-refractivity contribution in [1.82, 2.24) is 31.6 Å². The summed E-state index contributed by atoms with van der Waals surface area (Å²) in [6.45, 7) is -0.0835. The van der Waals surface area contributed by atoms with E-state index >= 15 is 0 Å². The number of carboxylic acids is 2. The maximum atomic E-state index is 13.4. The van der Waals surface area contributed by atoms with E-state index in [1.807, 2.05) is 24.3 Å². The van der Waals surface area contributed by atoms with E-state index in [1.54, 1.807) is 30.3 Å². The van der Waals surface area contributed by atoms with Crippen molar-refractivity contribution in [2.75, 3.05) is 13.1 Å². The standard InChI is InChI=1S/C33H41N9O8/c34-33(35)36-12-6-11-22(41-30(47)23-14-20-19-9-4-5-10-21(19)39-26(20)16-37-23)29(46)38-17-27(43)40-24(15-28(44)45)31(48)42-25(32(49)50)13-18-7-2-1-3-8-18/h1-5,7-10,22-25,37,39H,6,11-17H2,(H,38,46)(H,40,43)(H,41,47)(H,42,48)(H,44,45)(H,49,50)(H4,34,35,36)/t22-,23-,24-,25+/m0/s1. The summed E-state index contributed by atoms with van der Waals surface area (Å²) < 4.78 is 0. The first kappa shape index (κ1) is 36.9. The van der Waals surface area contributed by atoms with Crippen LogP contribution in [0.3, 0.4) is 0 Å². The normalized spacial score (nSPS) is 15.4. The van der Waals surface area contributed by atoms with Gasteiger partial charge < -0.3 is 47.9 Å². The molecule has 0 aliphatic carbocycles. The van der Waals surface area contributed by atoms with Crippen molar-refractivity contribution in [2.24, 2.45) is 16.5 Å². The van der Waals surface area contributed by atoms with Gasteiger partial charge in [0.25, 0.3) is 0 Å². The van der Waals surface area contributed by atoms with Crippen molar-refractivity contribution in [2.45, 2.75) is 62.8 Å². The van der Waals surface area contributed by atoms with Crippen LogP contribution in [0.1, 0.15) is 36.1 Å². The summed E-state index contributed by atoms with van der Waals surface area (Å²) in [5.74, 6) is -6.01. The zero-order valence-corrected chi connectivity index (χ0v) is 27.1. The van der Waals surface area contributed by atoms with Crippen LogP contribution in [0, 0.1) is 0 Å². The van der Waals surface area contributed by atoms with Gasteiger partial charge in [0, 0.05) is 36.1 Å².